The second kappa shape index (κ2) is 8.32. The van der Waals surface area contributed by atoms with Crippen molar-refractivity contribution in [2.24, 2.45) is 11.7 Å². The molecule has 0 aromatic heterocycles. The van der Waals surface area contributed by atoms with Crippen LogP contribution in [0.2, 0.25) is 0 Å². The number of nitrogens with two attached hydrogens (primary N) is 1. The summed E-state index contributed by atoms with van der Waals surface area (Å²) < 4.78 is 26.9. The van der Waals surface area contributed by atoms with Gasteiger partial charge in [0.15, 0.2) is 0 Å². The van der Waals surface area contributed by atoms with E-state index >= 15 is 0 Å². The van der Waals surface area contributed by atoms with Gasteiger partial charge in [0.25, 0.3) is 0 Å². The molecule has 2 unspecified atom stereocenters. The number of aliphatic hydroxyl groups is 1. The van der Waals surface area contributed by atoms with E-state index in [4.69, 9.17) is 5.73 Å². The summed E-state index contributed by atoms with van der Waals surface area (Å²) in [5.41, 5.74) is 6.03. The van der Waals surface area contributed by atoms with Crippen molar-refractivity contribution in [2.75, 3.05) is 6.54 Å². The first-order valence-electron chi connectivity index (χ1n) is 7.38. The molecule has 0 aliphatic heterocycles. The second-order valence-electron chi connectivity index (χ2n) is 5.34. The van der Waals surface area contributed by atoms with Crippen LogP contribution in [-0.2, 0) is 0 Å². The molecule has 0 radical (unpaired) electrons. The molecule has 0 amide bonds. The van der Waals surface area contributed by atoms with Gasteiger partial charge in [-0.3, -0.25) is 0 Å². The van der Waals surface area contributed by atoms with Gasteiger partial charge in [-0.2, -0.15) is 0 Å². The van der Waals surface area contributed by atoms with E-state index < -0.39 is 23.7 Å². The van der Waals surface area contributed by atoms with Gasteiger partial charge in [0.1, 0.15) is 11.6 Å². The Kier molecular flexibility index (Phi) is 7.10. The van der Waals surface area contributed by atoms with Crippen LogP contribution in [0.5, 0.6) is 0 Å². The Labute approximate surface area is 120 Å². The van der Waals surface area contributed by atoms with E-state index in [9.17, 15) is 13.9 Å². The van der Waals surface area contributed by atoms with Gasteiger partial charge in [-0.25, -0.2) is 8.78 Å². The Balaban J connectivity index is 2.97. The van der Waals surface area contributed by atoms with E-state index in [1.165, 1.54) is 12.1 Å². The Morgan fingerprint density at radius 1 is 1.15 bits per heavy atom. The average Bonchev–Trinajstić information content (AvgIpc) is 2.41. The fourth-order valence-electron chi connectivity index (χ4n) is 2.81. The van der Waals surface area contributed by atoms with Gasteiger partial charge in [-0.05, 0) is 30.4 Å². The minimum Gasteiger partial charge on any atom is -0.392 e. The van der Waals surface area contributed by atoms with Crippen molar-refractivity contribution >= 4 is 0 Å². The molecule has 0 saturated heterocycles. The van der Waals surface area contributed by atoms with Crippen molar-refractivity contribution in [2.45, 2.75) is 51.6 Å². The van der Waals surface area contributed by atoms with Crippen LogP contribution in [0.3, 0.4) is 0 Å². The van der Waals surface area contributed by atoms with Crippen molar-refractivity contribution in [1.82, 2.24) is 0 Å². The fraction of sp³-hybridized carbons (Fsp3) is 0.625. The van der Waals surface area contributed by atoms with Crippen LogP contribution in [0.25, 0.3) is 0 Å². The zero-order valence-corrected chi connectivity index (χ0v) is 12.3. The Morgan fingerprint density at radius 3 is 2.20 bits per heavy atom. The van der Waals surface area contributed by atoms with Crippen LogP contribution in [-0.4, -0.2) is 17.8 Å². The van der Waals surface area contributed by atoms with Gasteiger partial charge in [0.05, 0.1) is 6.10 Å². The topological polar surface area (TPSA) is 46.2 Å². The molecule has 0 heterocycles. The molecule has 114 valence electrons. The predicted octanol–water partition coefficient (Wildman–Crippen LogP) is 3.58. The van der Waals surface area contributed by atoms with Crippen LogP contribution in [0.15, 0.2) is 18.2 Å². The van der Waals surface area contributed by atoms with Crippen LogP contribution >= 0.6 is 0 Å². The van der Waals surface area contributed by atoms with E-state index in [0.29, 0.717) is 5.56 Å². The maximum Gasteiger partial charge on any atom is 0.129 e. The molecule has 0 spiro atoms. The highest BCUT2D eigenvalue weighted by Gasteiger charge is 2.28. The molecule has 0 aliphatic rings. The summed E-state index contributed by atoms with van der Waals surface area (Å²) in [6, 6.07) is 3.45. The summed E-state index contributed by atoms with van der Waals surface area (Å²) >= 11 is 0. The summed E-state index contributed by atoms with van der Waals surface area (Å²) in [5, 5.41) is 10.5. The third-order valence-corrected chi connectivity index (χ3v) is 3.83. The lowest BCUT2D eigenvalue weighted by atomic mass is 9.81. The smallest absolute Gasteiger partial charge is 0.129 e. The summed E-state index contributed by atoms with van der Waals surface area (Å²) in [4.78, 5) is 0. The summed E-state index contributed by atoms with van der Waals surface area (Å²) in [6.07, 6.45) is 3.00. The number of halogens is 2. The molecule has 1 aromatic rings. The maximum atomic E-state index is 13.9. The minimum atomic E-state index is -0.695. The Bertz CT molecular complexity index is 405. The molecule has 0 aliphatic carbocycles. The molecule has 0 bridgehead atoms. The van der Waals surface area contributed by atoms with E-state index in [0.717, 1.165) is 31.7 Å². The number of aliphatic hydroxyl groups excluding tert-OH is 1. The molecule has 4 heteroatoms. The maximum absolute atomic E-state index is 13.9. The Hall–Kier alpha value is -1.00. The highest BCUT2D eigenvalue weighted by molar-refractivity contribution is 5.24. The average molecular weight is 285 g/mol. The van der Waals surface area contributed by atoms with Gasteiger partial charge >= 0.3 is 0 Å². The number of hydrogen-bond donors (Lipinski definition) is 2. The summed E-state index contributed by atoms with van der Waals surface area (Å²) in [6.45, 7) is 4.27. The highest BCUT2D eigenvalue weighted by Crippen LogP contribution is 2.30. The lowest BCUT2D eigenvalue weighted by molar-refractivity contribution is 0.0710. The van der Waals surface area contributed by atoms with Crippen molar-refractivity contribution in [3.8, 4) is 0 Å². The molecular formula is C16H25F2NO. The lowest BCUT2D eigenvalue weighted by Gasteiger charge is -2.29. The van der Waals surface area contributed by atoms with Gasteiger partial charge in [0.2, 0.25) is 0 Å². The predicted molar refractivity (Wildman–Crippen MR) is 77.5 cm³/mol. The first kappa shape index (κ1) is 17.1. The van der Waals surface area contributed by atoms with Crippen molar-refractivity contribution < 1.29 is 13.9 Å². The quantitative estimate of drug-likeness (QED) is 0.767. The van der Waals surface area contributed by atoms with E-state index in [-0.39, 0.29) is 12.5 Å². The monoisotopic (exact) mass is 285 g/mol. The molecule has 3 N–H and O–H groups in total. The SMILES string of the molecule is CCCC(CCC)C(O)C(CN)c1ccc(F)cc1F. The number of benzene rings is 1. The van der Waals surface area contributed by atoms with Gasteiger partial charge < -0.3 is 10.8 Å². The van der Waals surface area contributed by atoms with Crippen molar-refractivity contribution in [1.29, 1.82) is 0 Å². The van der Waals surface area contributed by atoms with Gasteiger partial charge in [-0.1, -0.05) is 32.8 Å². The van der Waals surface area contributed by atoms with Crippen molar-refractivity contribution in [3.63, 3.8) is 0 Å². The zero-order chi connectivity index (χ0) is 15.1. The normalized spacial score (nSPS) is 14.6. The van der Waals surface area contributed by atoms with Crippen LogP contribution < -0.4 is 5.73 Å². The first-order valence-corrected chi connectivity index (χ1v) is 7.38. The lowest BCUT2D eigenvalue weighted by Crippen LogP contribution is -2.33. The molecule has 0 fully saturated rings. The molecule has 2 nitrogen and oxygen atoms in total. The van der Waals surface area contributed by atoms with E-state index in [2.05, 4.69) is 13.8 Å². The molecule has 1 aromatic carbocycles. The van der Waals surface area contributed by atoms with Crippen LogP contribution in [0, 0.1) is 17.6 Å². The summed E-state index contributed by atoms with van der Waals surface area (Å²) in [5.74, 6) is -1.64. The van der Waals surface area contributed by atoms with Crippen LogP contribution in [0.4, 0.5) is 8.78 Å². The third-order valence-electron chi connectivity index (χ3n) is 3.83. The second-order valence-corrected chi connectivity index (χ2v) is 5.34. The van der Waals surface area contributed by atoms with Gasteiger partial charge in [0, 0.05) is 18.5 Å². The molecule has 1 rings (SSSR count). The Morgan fingerprint density at radius 2 is 1.75 bits per heavy atom. The van der Waals surface area contributed by atoms with Gasteiger partial charge in [-0.15, -0.1) is 0 Å². The van der Waals surface area contributed by atoms with E-state index in [1.54, 1.807) is 0 Å². The minimum absolute atomic E-state index is 0.100. The molecule has 20 heavy (non-hydrogen) atoms. The molecule has 0 saturated carbocycles. The summed E-state index contributed by atoms with van der Waals surface area (Å²) in [7, 11) is 0. The largest absolute Gasteiger partial charge is 0.392 e. The van der Waals surface area contributed by atoms with Crippen molar-refractivity contribution in [3.05, 3.63) is 35.4 Å². The molecular weight excluding hydrogens is 260 g/mol. The zero-order valence-electron chi connectivity index (χ0n) is 12.3. The third kappa shape index (κ3) is 4.25. The van der Waals surface area contributed by atoms with Crippen LogP contribution in [0.1, 0.15) is 51.0 Å². The highest BCUT2D eigenvalue weighted by atomic mass is 19.1. The van der Waals surface area contributed by atoms with E-state index in [1.807, 2.05) is 0 Å². The first-order chi connectivity index (χ1) is 9.54. The number of rotatable bonds is 8. The fourth-order valence-corrected chi connectivity index (χ4v) is 2.81. The molecule has 2 atom stereocenters. The standard InChI is InChI=1S/C16H25F2NO/c1-3-5-11(6-4-2)16(20)14(10-19)13-8-7-12(17)9-15(13)18/h7-9,11,14,16,20H,3-6,10,19H2,1-2H3. The number of hydrogen-bond acceptors (Lipinski definition) is 2.